The molecular weight excluding hydrogens is 310 g/mol. The first-order chi connectivity index (χ1) is 8.56. The number of esters is 1. The van der Waals surface area contributed by atoms with Crippen molar-refractivity contribution in [3.63, 3.8) is 0 Å². The molecule has 7 heteroatoms. The van der Waals surface area contributed by atoms with Crippen LogP contribution in [0.25, 0.3) is 0 Å². The van der Waals surface area contributed by atoms with Gasteiger partial charge in [0, 0.05) is 11.5 Å². The molecule has 0 bridgehead atoms. The largest absolute Gasteiger partial charge is 0.462 e. The molecule has 1 aromatic rings. The molecular formula is C11H9BrF2N2O2. The van der Waals surface area contributed by atoms with Gasteiger partial charge in [-0.3, -0.25) is 4.98 Å². The van der Waals surface area contributed by atoms with Gasteiger partial charge in [-0.05, 0) is 6.92 Å². The predicted octanol–water partition coefficient (Wildman–Crippen LogP) is 2.96. The third-order valence-corrected chi connectivity index (χ3v) is 2.68. The van der Waals surface area contributed by atoms with Gasteiger partial charge in [-0.15, -0.1) is 0 Å². The van der Waals surface area contributed by atoms with Crippen LogP contribution in [0.1, 0.15) is 40.5 Å². The van der Waals surface area contributed by atoms with Crippen LogP contribution < -0.4 is 0 Å². The molecule has 0 amide bonds. The van der Waals surface area contributed by atoms with Gasteiger partial charge < -0.3 is 4.74 Å². The summed E-state index contributed by atoms with van der Waals surface area (Å²) < 4.78 is 30.7. The van der Waals surface area contributed by atoms with E-state index in [0.717, 1.165) is 6.20 Å². The molecule has 1 heterocycles. The maximum absolute atomic E-state index is 13.0. The number of nitrogens with zero attached hydrogens (tertiary/aromatic N) is 2. The molecule has 0 aliphatic rings. The Kier molecular flexibility index (Phi) is 5.16. The van der Waals surface area contributed by atoms with Gasteiger partial charge in [0.2, 0.25) is 0 Å². The normalized spacial score (nSPS) is 10.2. The highest BCUT2D eigenvalue weighted by Crippen LogP contribution is 2.29. The Morgan fingerprint density at radius 1 is 1.67 bits per heavy atom. The highest BCUT2D eigenvalue weighted by atomic mass is 79.9. The first-order valence-corrected chi connectivity index (χ1v) is 6.12. The molecule has 0 N–H and O–H groups in total. The molecule has 1 aromatic heterocycles. The van der Waals surface area contributed by atoms with Gasteiger partial charge in [0.15, 0.2) is 0 Å². The van der Waals surface area contributed by atoms with E-state index in [1.807, 2.05) is 0 Å². The molecule has 1 rings (SSSR count). The molecule has 0 fully saturated rings. The molecule has 0 atom stereocenters. The Hall–Kier alpha value is -1.55. The zero-order chi connectivity index (χ0) is 13.7. The van der Waals surface area contributed by atoms with Crippen molar-refractivity contribution < 1.29 is 18.3 Å². The molecule has 96 valence electrons. The fraction of sp³-hybridized carbons (Fsp3) is 0.364. The highest BCUT2D eigenvalue weighted by Gasteiger charge is 2.27. The Labute approximate surface area is 111 Å². The van der Waals surface area contributed by atoms with Crippen LogP contribution >= 0.6 is 15.9 Å². The van der Waals surface area contributed by atoms with E-state index < -0.39 is 23.5 Å². The van der Waals surface area contributed by atoms with Gasteiger partial charge in [0.25, 0.3) is 6.43 Å². The van der Waals surface area contributed by atoms with Crippen LogP contribution in [-0.2, 0) is 10.1 Å². The molecule has 18 heavy (non-hydrogen) atoms. The first kappa shape index (κ1) is 14.5. The number of ether oxygens (including phenoxy) is 1. The molecule has 4 nitrogen and oxygen atoms in total. The highest BCUT2D eigenvalue weighted by molar-refractivity contribution is 9.08. The van der Waals surface area contributed by atoms with E-state index >= 15 is 0 Å². The van der Waals surface area contributed by atoms with Crippen LogP contribution in [0.2, 0.25) is 0 Å². The number of hydrogen-bond acceptors (Lipinski definition) is 4. The maximum atomic E-state index is 13.0. The Bertz CT molecular complexity index is 501. The zero-order valence-electron chi connectivity index (χ0n) is 9.41. The number of pyridine rings is 1. The molecule has 0 spiro atoms. The van der Waals surface area contributed by atoms with E-state index in [2.05, 4.69) is 20.9 Å². The van der Waals surface area contributed by atoms with Crippen molar-refractivity contribution in [2.24, 2.45) is 0 Å². The number of carbonyl (C=O) groups excluding carboxylic acids is 1. The standard InChI is InChI=1S/C11H9BrF2N2O2/c1-2-18-11(17)8-6(4-15)5-16-7(3-12)9(8)10(13)14/h5,10H,2-3H2,1H3. The number of aromatic nitrogens is 1. The summed E-state index contributed by atoms with van der Waals surface area (Å²) >= 11 is 3.01. The molecule has 0 saturated carbocycles. The lowest BCUT2D eigenvalue weighted by Crippen LogP contribution is -2.14. The fourth-order valence-corrected chi connectivity index (χ4v) is 1.86. The number of carbonyl (C=O) groups is 1. The Balaban J connectivity index is 3.51. The molecule has 0 aliphatic heterocycles. The van der Waals surface area contributed by atoms with Gasteiger partial charge in [-0.25, -0.2) is 13.6 Å². The second kappa shape index (κ2) is 6.40. The minimum Gasteiger partial charge on any atom is -0.462 e. The van der Waals surface area contributed by atoms with E-state index in [1.54, 1.807) is 13.0 Å². The topological polar surface area (TPSA) is 63.0 Å². The molecule has 0 radical (unpaired) electrons. The number of hydrogen-bond donors (Lipinski definition) is 0. The van der Waals surface area contributed by atoms with Crippen molar-refractivity contribution in [3.05, 3.63) is 28.6 Å². The average Bonchev–Trinajstić information content (AvgIpc) is 2.36. The number of nitriles is 1. The quantitative estimate of drug-likeness (QED) is 0.632. The van der Waals surface area contributed by atoms with Gasteiger partial charge in [0.05, 0.1) is 29.0 Å². The van der Waals surface area contributed by atoms with E-state index in [1.165, 1.54) is 0 Å². The predicted molar refractivity (Wildman–Crippen MR) is 62.5 cm³/mol. The summed E-state index contributed by atoms with van der Waals surface area (Å²) in [6.07, 6.45) is -1.81. The minimum absolute atomic E-state index is 0.0204. The SMILES string of the molecule is CCOC(=O)c1c(C#N)cnc(CBr)c1C(F)F. The lowest BCUT2D eigenvalue weighted by atomic mass is 10.0. The summed E-state index contributed by atoms with van der Waals surface area (Å²) in [6, 6.07) is 1.67. The van der Waals surface area contributed by atoms with E-state index in [-0.39, 0.29) is 23.2 Å². The molecule has 0 saturated heterocycles. The third-order valence-electron chi connectivity index (χ3n) is 2.14. The Morgan fingerprint density at radius 2 is 2.33 bits per heavy atom. The van der Waals surface area contributed by atoms with Crippen molar-refractivity contribution in [2.45, 2.75) is 18.7 Å². The van der Waals surface area contributed by atoms with E-state index in [0.29, 0.717) is 0 Å². The second-order valence-corrected chi connectivity index (χ2v) is 3.73. The summed E-state index contributed by atoms with van der Waals surface area (Å²) in [7, 11) is 0. The second-order valence-electron chi connectivity index (χ2n) is 3.17. The van der Waals surface area contributed by atoms with E-state index in [9.17, 15) is 13.6 Å². The lowest BCUT2D eigenvalue weighted by Gasteiger charge is -2.12. The van der Waals surface area contributed by atoms with Crippen LogP contribution in [-0.4, -0.2) is 17.6 Å². The zero-order valence-corrected chi connectivity index (χ0v) is 11.0. The summed E-state index contributed by atoms with van der Waals surface area (Å²) in [4.78, 5) is 15.4. The lowest BCUT2D eigenvalue weighted by molar-refractivity contribution is 0.0514. The summed E-state index contributed by atoms with van der Waals surface area (Å²) in [6.45, 7) is 1.59. The van der Waals surface area contributed by atoms with Crippen LogP contribution in [0.15, 0.2) is 6.20 Å². The van der Waals surface area contributed by atoms with Crippen molar-refractivity contribution in [1.82, 2.24) is 4.98 Å². The maximum Gasteiger partial charge on any atom is 0.340 e. The first-order valence-electron chi connectivity index (χ1n) is 4.99. The van der Waals surface area contributed by atoms with Crippen molar-refractivity contribution in [3.8, 4) is 6.07 Å². The fourth-order valence-electron chi connectivity index (χ4n) is 1.42. The average molecular weight is 319 g/mol. The van der Waals surface area contributed by atoms with Gasteiger partial charge in [-0.2, -0.15) is 5.26 Å². The smallest absolute Gasteiger partial charge is 0.340 e. The third kappa shape index (κ3) is 2.82. The molecule has 0 unspecified atom stereocenters. The Morgan fingerprint density at radius 3 is 2.78 bits per heavy atom. The van der Waals surface area contributed by atoms with Crippen molar-refractivity contribution in [2.75, 3.05) is 6.61 Å². The monoisotopic (exact) mass is 318 g/mol. The van der Waals surface area contributed by atoms with Crippen molar-refractivity contribution >= 4 is 21.9 Å². The summed E-state index contributed by atoms with van der Waals surface area (Å²) in [5.41, 5.74) is -1.15. The van der Waals surface area contributed by atoms with Gasteiger partial charge in [0.1, 0.15) is 6.07 Å². The number of alkyl halides is 3. The van der Waals surface area contributed by atoms with Gasteiger partial charge >= 0.3 is 5.97 Å². The summed E-state index contributed by atoms with van der Waals surface area (Å²) in [5, 5.41) is 8.91. The van der Waals surface area contributed by atoms with Gasteiger partial charge in [-0.1, -0.05) is 15.9 Å². The molecule has 0 aromatic carbocycles. The van der Waals surface area contributed by atoms with Crippen LogP contribution in [0.3, 0.4) is 0 Å². The van der Waals surface area contributed by atoms with Crippen LogP contribution in [0.4, 0.5) is 8.78 Å². The minimum atomic E-state index is -2.90. The number of halogens is 3. The molecule has 0 aliphatic carbocycles. The number of rotatable bonds is 4. The van der Waals surface area contributed by atoms with Crippen molar-refractivity contribution in [1.29, 1.82) is 5.26 Å². The summed E-state index contributed by atoms with van der Waals surface area (Å²) in [5.74, 6) is -0.936. The van der Waals surface area contributed by atoms with Crippen LogP contribution in [0.5, 0.6) is 0 Å². The van der Waals surface area contributed by atoms with E-state index in [4.69, 9.17) is 10.00 Å². The van der Waals surface area contributed by atoms with Crippen LogP contribution in [0, 0.1) is 11.3 Å².